The number of carbonyl (C=O) groups excluding carboxylic acids is 1. The molecule has 1 aliphatic carbocycles. The zero-order chi connectivity index (χ0) is 21.3. The molecule has 1 aliphatic heterocycles. The molecule has 1 atom stereocenters. The minimum absolute atomic E-state index is 0.0520. The van der Waals surface area contributed by atoms with Crippen LogP contribution < -0.4 is 14.8 Å². The number of hydrogen-bond acceptors (Lipinski definition) is 4. The fourth-order valence-electron chi connectivity index (χ4n) is 3.51. The quantitative estimate of drug-likeness (QED) is 0.720. The first-order valence-corrected chi connectivity index (χ1v) is 10.7. The highest BCUT2D eigenvalue weighted by molar-refractivity contribution is 6.05. The molecule has 0 radical (unpaired) electrons. The highest BCUT2D eigenvalue weighted by atomic mass is 16.6. The second-order valence-corrected chi connectivity index (χ2v) is 9.43. The van der Waals surface area contributed by atoms with Crippen molar-refractivity contribution >= 4 is 11.6 Å². The minimum Gasteiger partial charge on any atom is -0.486 e. The fourth-order valence-corrected chi connectivity index (χ4v) is 3.51. The number of benzene rings is 2. The summed E-state index contributed by atoms with van der Waals surface area (Å²) in [6.45, 7) is 10.3. The van der Waals surface area contributed by atoms with Crippen molar-refractivity contribution in [1.82, 2.24) is 0 Å². The van der Waals surface area contributed by atoms with Crippen molar-refractivity contribution < 1.29 is 19.0 Å². The van der Waals surface area contributed by atoms with Crippen molar-refractivity contribution in [2.75, 3.05) is 25.1 Å². The molecule has 2 aromatic rings. The van der Waals surface area contributed by atoms with Crippen LogP contribution in [0.1, 0.15) is 55.1 Å². The number of ether oxygens (including phenoxy) is 3. The van der Waals surface area contributed by atoms with Gasteiger partial charge in [0.25, 0.3) is 5.91 Å². The summed E-state index contributed by atoms with van der Waals surface area (Å²) in [7, 11) is 0. The average molecular weight is 410 g/mol. The van der Waals surface area contributed by atoms with Crippen LogP contribution in [0.25, 0.3) is 0 Å². The van der Waals surface area contributed by atoms with E-state index in [4.69, 9.17) is 14.2 Å². The van der Waals surface area contributed by atoms with E-state index in [-0.39, 0.29) is 17.4 Å². The smallest absolute Gasteiger partial charge is 0.255 e. The number of rotatable bonds is 6. The van der Waals surface area contributed by atoms with Crippen LogP contribution in [0.3, 0.4) is 0 Å². The molecule has 4 rings (SSSR count). The summed E-state index contributed by atoms with van der Waals surface area (Å²) >= 11 is 0. The summed E-state index contributed by atoms with van der Waals surface area (Å²) in [6, 6.07) is 11.5. The van der Waals surface area contributed by atoms with Crippen molar-refractivity contribution in [3.8, 4) is 11.5 Å². The lowest BCUT2D eigenvalue weighted by atomic mass is 9.85. The van der Waals surface area contributed by atoms with Crippen molar-refractivity contribution in [1.29, 1.82) is 0 Å². The van der Waals surface area contributed by atoms with Crippen molar-refractivity contribution in [2.45, 2.75) is 52.1 Å². The maximum absolute atomic E-state index is 12.8. The largest absolute Gasteiger partial charge is 0.486 e. The molecule has 0 bridgehead atoms. The molecule has 160 valence electrons. The molecule has 2 aromatic carbocycles. The van der Waals surface area contributed by atoms with Crippen molar-refractivity contribution in [2.24, 2.45) is 5.92 Å². The Morgan fingerprint density at radius 1 is 1.10 bits per heavy atom. The summed E-state index contributed by atoms with van der Waals surface area (Å²) in [5, 5.41) is 2.97. The molecule has 1 heterocycles. The molecular weight excluding hydrogens is 378 g/mol. The third kappa shape index (κ3) is 4.96. The predicted octanol–water partition coefficient (Wildman–Crippen LogP) is 5.11. The number of aryl methyl sites for hydroxylation is 1. The average Bonchev–Trinajstić information content (AvgIpc) is 3.51. The van der Waals surface area contributed by atoms with E-state index >= 15 is 0 Å². The molecule has 2 aliphatic rings. The standard InChI is InChI=1S/C25H31NO4/c1-16-11-18(25(2,3)4)7-9-21(16)24(27)26-19-8-10-22-23(12-19)29-15-20(30-22)14-28-13-17-5-6-17/h7-12,17,20H,5-6,13-15H2,1-4H3,(H,26,27). The summed E-state index contributed by atoms with van der Waals surface area (Å²) in [4.78, 5) is 12.8. The van der Waals surface area contributed by atoms with Crippen LogP contribution in [0.4, 0.5) is 5.69 Å². The van der Waals surface area contributed by atoms with E-state index in [1.54, 1.807) is 0 Å². The first kappa shape index (κ1) is 20.7. The van der Waals surface area contributed by atoms with E-state index in [2.05, 4.69) is 32.2 Å². The Morgan fingerprint density at radius 3 is 2.60 bits per heavy atom. The van der Waals surface area contributed by atoms with Gasteiger partial charge in [0.1, 0.15) is 6.61 Å². The molecule has 1 unspecified atom stereocenters. The zero-order valence-corrected chi connectivity index (χ0v) is 18.3. The summed E-state index contributed by atoms with van der Waals surface area (Å²) in [6.07, 6.45) is 2.46. The molecule has 0 aromatic heterocycles. The van der Waals surface area contributed by atoms with Crippen molar-refractivity contribution in [3.63, 3.8) is 0 Å². The van der Waals surface area contributed by atoms with E-state index in [1.165, 1.54) is 18.4 Å². The predicted molar refractivity (Wildman–Crippen MR) is 118 cm³/mol. The molecule has 0 saturated heterocycles. The normalized spacial score (nSPS) is 18.2. The third-order valence-electron chi connectivity index (χ3n) is 5.61. The number of nitrogens with one attached hydrogen (secondary N) is 1. The number of fused-ring (bicyclic) bond motifs is 1. The highest BCUT2D eigenvalue weighted by Gasteiger charge is 2.25. The van der Waals surface area contributed by atoms with Crippen LogP contribution in [0, 0.1) is 12.8 Å². The van der Waals surface area contributed by atoms with E-state index in [1.807, 2.05) is 37.3 Å². The van der Waals surface area contributed by atoms with Gasteiger partial charge in [-0.1, -0.05) is 32.9 Å². The number of carbonyl (C=O) groups is 1. The van der Waals surface area contributed by atoms with Gasteiger partial charge in [-0.15, -0.1) is 0 Å². The van der Waals surface area contributed by atoms with E-state index in [0.717, 1.165) is 18.1 Å². The van der Waals surface area contributed by atoms with Crippen LogP contribution >= 0.6 is 0 Å². The van der Waals surface area contributed by atoms with Gasteiger partial charge in [-0.2, -0.15) is 0 Å². The number of anilines is 1. The molecule has 5 heteroatoms. The van der Waals surface area contributed by atoms with Crippen LogP contribution in [0.2, 0.25) is 0 Å². The Kier molecular flexibility index (Phi) is 5.74. The lowest BCUT2D eigenvalue weighted by molar-refractivity contribution is 0.00576. The van der Waals surface area contributed by atoms with Gasteiger partial charge >= 0.3 is 0 Å². The molecule has 1 saturated carbocycles. The van der Waals surface area contributed by atoms with Gasteiger partial charge in [0, 0.05) is 23.9 Å². The molecule has 0 spiro atoms. The van der Waals surface area contributed by atoms with E-state index in [0.29, 0.717) is 36.0 Å². The summed E-state index contributed by atoms with van der Waals surface area (Å²) < 4.78 is 17.6. The Labute approximate surface area is 178 Å². The molecule has 5 nitrogen and oxygen atoms in total. The third-order valence-corrected chi connectivity index (χ3v) is 5.61. The van der Waals surface area contributed by atoms with Crippen LogP contribution in [-0.2, 0) is 10.2 Å². The van der Waals surface area contributed by atoms with Gasteiger partial charge in [-0.3, -0.25) is 4.79 Å². The summed E-state index contributed by atoms with van der Waals surface area (Å²) in [5.74, 6) is 1.94. The molecule has 1 fully saturated rings. The maximum Gasteiger partial charge on any atom is 0.255 e. The highest BCUT2D eigenvalue weighted by Crippen LogP contribution is 2.35. The Hall–Kier alpha value is -2.53. The van der Waals surface area contributed by atoms with Crippen molar-refractivity contribution in [3.05, 3.63) is 53.1 Å². The van der Waals surface area contributed by atoms with Gasteiger partial charge in [-0.05, 0) is 60.4 Å². The first-order valence-electron chi connectivity index (χ1n) is 10.7. The molecule has 30 heavy (non-hydrogen) atoms. The second-order valence-electron chi connectivity index (χ2n) is 9.43. The Bertz CT molecular complexity index is 927. The van der Waals surface area contributed by atoms with Gasteiger partial charge in [0.15, 0.2) is 17.6 Å². The lowest BCUT2D eigenvalue weighted by Crippen LogP contribution is -2.33. The molecule has 1 N–H and O–H groups in total. The summed E-state index contributed by atoms with van der Waals surface area (Å²) in [5.41, 5.74) is 3.59. The lowest BCUT2D eigenvalue weighted by Gasteiger charge is -2.26. The number of amides is 1. The van der Waals surface area contributed by atoms with Gasteiger partial charge in [0.2, 0.25) is 0 Å². The SMILES string of the molecule is Cc1cc(C(C)(C)C)ccc1C(=O)Nc1ccc2c(c1)OCC(COCC1CC1)O2. The fraction of sp³-hybridized carbons (Fsp3) is 0.480. The van der Waals surface area contributed by atoms with Gasteiger partial charge in [0.05, 0.1) is 6.61 Å². The van der Waals surface area contributed by atoms with E-state index < -0.39 is 0 Å². The Morgan fingerprint density at radius 2 is 1.90 bits per heavy atom. The van der Waals surface area contributed by atoms with E-state index in [9.17, 15) is 4.79 Å². The van der Waals surface area contributed by atoms with Crippen LogP contribution in [-0.4, -0.2) is 31.8 Å². The first-order chi connectivity index (χ1) is 14.3. The minimum atomic E-state index is -0.129. The monoisotopic (exact) mass is 409 g/mol. The molecule has 1 amide bonds. The Balaban J connectivity index is 1.38. The molecular formula is C25H31NO4. The van der Waals surface area contributed by atoms with Crippen LogP contribution in [0.15, 0.2) is 36.4 Å². The second kappa shape index (κ2) is 8.31. The zero-order valence-electron chi connectivity index (χ0n) is 18.3. The number of hydrogen-bond donors (Lipinski definition) is 1. The van der Waals surface area contributed by atoms with Gasteiger partial charge in [-0.25, -0.2) is 0 Å². The topological polar surface area (TPSA) is 56.8 Å². The van der Waals surface area contributed by atoms with Crippen LogP contribution in [0.5, 0.6) is 11.5 Å². The van der Waals surface area contributed by atoms with Gasteiger partial charge < -0.3 is 19.5 Å². The maximum atomic E-state index is 12.8.